The second-order valence-electron chi connectivity index (χ2n) is 5.35. The van der Waals surface area contributed by atoms with Gasteiger partial charge >= 0.3 is 0 Å². The smallest absolute Gasteiger partial charge is 0.257 e. The lowest BCUT2D eigenvalue weighted by Gasteiger charge is -2.08. The molecule has 0 saturated carbocycles. The van der Waals surface area contributed by atoms with E-state index >= 15 is 0 Å². The summed E-state index contributed by atoms with van der Waals surface area (Å²) in [6.45, 7) is 0. The van der Waals surface area contributed by atoms with E-state index in [1.165, 1.54) is 6.07 Å². The lowest BCUT2D eigenvalue weighted by Crippen LogP contribution is -2.13. The molecule has 0 radical (unpaired) electrons. The minimum absolute atomic E-state index is 0.189. The fraction of sp³-hybridized carbons (Fsp3) is 0.0556. The maximum Gasteiger partial charge on any atom is 0.257 e. The van der Waals surface area contributed by atoms with Crippen LogP contribution in [0.5, 0.6) is 0 Å². The summed E-state index contributed by atoms with van der Waals surface area (Å²) in [6.07, 6.45) is 3.27. The first-order chi connectivity index (χ1) is 12.0. The summed E-state index contributed by atoms with van der Waals surface area (Å²) in [5, 5.41) is 3.46. The number of benzene rings is 2. The number of aryl methyl sites for hydroxylation is 1. The molecule has 3 rings (SSSR count). The highest BCUT2D eigenvalue weighted by atomic mass is 35.5. The maximum absolute atomic E-state index is 12.4. The molecular weight excluding hydrogens is 361 g/mol. The van der Waals surface area contributed by atoms with E-state index < -0.39 is 0 Å². The fourth-order valence-corrected chi connectivity index (χ4v) is 2.78. The van der Waals surface area contributed by atoms with Crippen molar-refractivity contribution in [2.75, 3.05) is 5.32 Å². The van der Waals surface area contributed by atoms with Gasteiger partial charge in [0.15, 0.2) is 5.82 Å². The zero-order chi connectivity index (χ0) is 18.0. The van der Waals surface area contributed by atoms with Gasteiger partial charge in [-0.3, -0.25) is 9.59 Å². The molecule has 1 amide bonds. The molecule has 0 aliphatic carbocycles. The van der Waals surface area contributed by atoms with Crippen LogP contribution in [0.25, 0.3) is 0 Å². The van der Waals surface area contributed by atoms with Gasteiger partial charge in [-0.05, 0) is 42.5 Å². The van der Waals surface area contributed by atoms with Crippen LogP contribution < -0.4 is 5.32 Å². The van der Waals surface area contributed by atoms with Crippen LogP contribution in [-0.4, -0.2) is 21.2 Å². The predicted molar refractivity (Wildman–Crippen MR) is 97.5 cm³/mol. The number of halogens is 2. The Kier molecular flexibility index (Phi) is 4.88. The third-order valence-corrected chi connectivity index (χ3v) is 4.15. The molecule has 0 saturated heterocycles. The zero-order valence-corrected chi connectivity index (χ0v) is 14.7. The summed E-state index contributed by atoms with van der Waals surface area (Å²) < 4.78 is 1.65. The summed E-state index contributed by atoms with van der Waals surface area (Å²) in [5.41, 5.74) is 1.35. The van der Waals surface area contributed by atoms with Crippen molar-refractivity contribution in [3.63, 3.8) is 0 Å². The minimum atomic E-state index is -0.357. The monoisotopic (exact) mass is 373 g/mol. The average Bonchev–Trinajstić information content (AvgIpc) is 3.00. The summed E-state index contributed by atoms with van der Waals surface area (Å²) >= 11 is 11.9. The lowest BCUT2D eigenvalue weighted by atomic mass is 10.1. The van der Waals surface area contributed by atoms with Crippen LogP contribution in [-0.2, 0) is 7.05 Å². The first-order valence-corrected chi connectivity index (χ1v) is 8.10. The van der Waals surface area contributed by atoms with E-state index in [4.69, 9.17) is 23.2 Å². The van der Waals surface area contributed by atoms with Gasteiger partial charge in [0.1, 0.15) is 0 Å². The largest absolute Gasteiger partial charge is 0.331 e. The molecule has 7 heteroatoms. The standard InChI is InChI=1S/C18H13Cl2N3O2/c1-23-9-8-21-17(23)16(24)11-2-5-13(6-3-11)22-18(25)14-7-4-12(19)10-15(14)20/h2-10H,1H3,(H,22,25). The quantitative estimate of drug-likeness (QED) is 0.696. The number of carbonyl (C=O) groups is 2. The molecule has 0 aliphatic heterocycles. The number of anilines is 1. The van der Waals surface area contributed by atoms with Gasteiger partial charge in [-0.2, -0.15) is 0 Å². The molecule has 0 atom stereocenters. The molecule has 1 N–H and O–H groups in total. The summed E-state index contributed by atoms with van der Waals surface area (Å²) in [6, 6.07) is 11.2. The van der Waals surface area contributed by atoms with Gasteiger partial charge < -0.3 is 9.88 Å². The second-order valence-corrected chi connectivity index (χ2v) is 6.19. The highest BCUT2D eigenvalue weighted by molar-refractivity contribution is 6.37. The van der Waals surface area contributed by atoms with Gasteiger partial charge in [0, 0.05) is 35.7 Å². The van der Waals surface area contributed by atoms with Crippen molar-refractivity contribution >= 4 is 40.6 Å². The summed E-state index contributed by atoms with van der Waals surface area (Å²) in [4.78, 5) is 28.7. The molecule has 2 aromatic carbocycles. The average molecular weight is 374 g/mol. The fourth-order valence-electron chi connectivity index (χ4n) is 2.29. The number of nitrogens with zero attached hydrogens (tertiary/aromatic N) is 2. The molecule has 1 aromatic heterocycles. The second kappa shape index (κ2) is 7.09. The molecular formula is C18H13Cl2N3O2. The van der Waals surface area contributed by atoms with Crippen LogP contribution in [0.1, 0.15) is 26.5 Å². The van der Waals surface area contributed by atoms with Crippen LogP contribution in [0.3, 0.4) is 0 Å². The number of carbonyl (C=O) groups excluding carboxylic acids is 2. The Balaban J connectivity index is 1.75. The molecule has 3 aromatic rings. The van der Waals surface area contributed by atoms with E-state index in [1.54, 1.807) is 60.4 Å². The van der Waals surface area contributed by atoms with Crippen molar-refractivity contribution in [3.8, 4) is 0 Å². The van der Waals surface area contributed by atoms with Gasteiger partial charge in [-0.1, -0.05) is 23.2 Å². The molecule has 0 fully saturated rings. The Morgan fingerprint density at radius 1 is 1.08 bits per heavy atom. The summed E-state index contributed by atoms with van der Waals surface area (Å²) in [7, 11) is 1.75. The first kappa shape index (κ1) is 17.2. The number of hydrogen-bond acceptors (Lipinski definition) is 3. The Labute approximate surface area is 154 Å². The van der Waals surface area contributed by atoms with E-state index in [2.05, 4.69) is 10.3 Å². The van der Waals surface area contributed by atoms with E-state index in [0.717, 1.165) is 0 Å². The number of ketones is 1. The van der Waals surface area contributed by atoms with Crippen molar-refractivity contribution in [1.29, 1.82) is 0 Å². The molecule has 0 unspecified atom stereocenters. The Morgan fingerprint density at radius 3 is 2.40 bits per heavy atom. The van der Waals surface area contributed by atoms with Crippen LogP contribution in [0, 0.1) is 0 Å². The molecule has 0 aliphatic rings. The van der Waals surface area contributed by atoms with Crippen molar-refractivity contribution in [1.82, 2.24) is 9.55 Å². The molecule has 5 nitrogen and oxygen atoms in total. The first-order valence-electron chi connectivity index (χ1n) is 7.34. The Hall–Kier alpha value is -2.63. The van der Waals surface area contributed by atoms with Gasteiger partial charge in [0.25, 0.3) is 5.91 Å². The Bertz CT molecular complexity index is 949. The molecule has 0 bridgehead atoms. The minimum Gasteiger partial charge on any atom is -0.331 e. The van der Waals surface area contributed by atoms with Crippen LogP contribution in [0.15, 0.2) is 54.9 Å². The maximum atomic E-state index is 12.4. The van der Waals surface area contributed by atoms with Crippen molar-refractivity contribution in [2.24, 2.45) is 7.05 Å². The van der Waals surface area contributed by atoms with E-state index in [9.17, 15) is 9.59 Å². The van der Waals surface area contributed by atoms with Gasteiger partial charge in [0.05, 0.1) is 10.6 Å². The SMILES string of the molecule is Cn1ccnc1C(=O)c1ccc(NC(=O)c2ccc(Cl)cc2Cl)cc1. The van der Waals surface area contributed by atoms with Crippen LogP contribution in [0.2, 0.25) is 10.0 Å². The number of nitrogens with one attached hydrogen (secondary N) is 1. The molecule has 1 heterocycles. The third kappa shape index (κ3) is 3.73. The highest BCUT2D eigenvalue weighted by Gasteiger charge is 2.14. The molecule has 0 spiro atoms. The van der Waals surface area contributed by atoms with Crippen LogP contribution >= 0.6 is 23.2 Å². The van der Waals surface area contributed by atoms with E-state index in [-0.39, 0.29) is 16.7 Å². The van der Waals surface area contributed by atoms with E-state index in [0.29, 0.717) is 27.7 Å². The lowest BCUT2D eigenvalue weighted by molar-refractivity contribution is 0.102. The van der Waals surface area contributed by atoms with Crippen molar-refractivity contribution in [2.45, 2.75) is 0 Å². The topological polar surface area (TPSA) is 64.0 Å². The third-order valence-electron chi connectivity index (χ3n) is 3.60. The number of aromatic nitrogens is 2. The normalized spacial score (nSPS) is 10.5. The number of rotatable bonds is 4. The van der Waals surface area contributed by atoms with Gasteiger partial charge in [0.2, 0.25) is 5.78 Å². The van der Waals surface area contributed by atoms with Crippen LogP contribution in [0.4, 0.5) is 5.69 Å². The highest BCUT2D eigenvalue weighted by Crippen LogP contribution is 2.22. The van der Waals surface area contributed by atoms with Crippen molar-refractivity contribution < 1.29 is 9.59 Å². The van der Waals surface area contributed by atoms with Gasteiger partial charge in [-0.15, -0.1) is 0 Å². The van der Waals surface area contributed by atoms with Gasteiger partial charge in [-0.25, -0.2) is 4.98 Å². The Morgan fingerprint density at radius 2 is 1.80 bits per heavy atom. The van der Waals surface area contributed by atoms with E-state index in [1.807, 2.05) is 0 Å². The predicted octanol–water partition coefficient (Wildman–Crippen LogP) is 4.21. The molecule has 126 valence electrons. The number of imidazole rings is 1. The van der Waals surface area contributed by atoms with Crippen molar-refractivity contribution in [3.05, 3.63) is 81.9 Å². The molecule has 25 heavy (non-hydrogen) atoms. The zero-order valence-electron chi connectivity index (χ0n) is 13.2. The summed E-state index contributed by atoms with van der Waals surface area (Å²) in [5.74, 6) is -0.194. The number of hydrogen-bond donors (Lipinski definition) is 1. The number of amides is 1.